The van der Waals surface area contributed by atoms with Crippen molar-refractivity contribution < 1.29 is 18.9 Å². The van der Waals surface area contributed by atoms with Gasteiger partial charge in [-0.25, -0.2) is 0 Å². The summed E-state index contributed by atoms with van der Waals surface area (Å²) in [7, 11) is 6.98. The topological polar surface area (TPSA) is 36.9 Å². The number of ether oxygens (including phenoxy) is 4. The minimum Gasteiger partial charge on any atom is -0.497 e. The summed E-state index contributed by atoms with van der Waals surface area (Å²) in [5.74, 6) is 3.42. The van der Waals surface area contributed by atoms with Gasteiger partial charge in [-0.15, -0.1) is 0 Å². The molecule has 0 unspecified atom stereocenters. The average molecular weight is 671 g/mol. The summed E-state index contributed by atoms with van der Waals surface area (Å²) in [6.07, 6.45) is 0. The van der Waals surface area contributed by atoms with Crippen molar-refractivity contribution in [3.8, 4) is 23.0 Å². The van der Waals surface area contributed by atoms with Crippen molar-refractivity contribution in [2.75, 3.05) is 28.4 Å². The molecule has 0 saturated carbocycles. The van der Waals surface area contributed by atoms with E-state index in [9.17, 15) is 0 Å². The zero-order chi connectivity index (χ0) is 34.6. The summed E-state index contributed by atoms with van der Waals surface area (Å²) in [4.78, 5) is 0. The molecule has 0 saturated heterocycles. The molecular weight excluding hydrogens is 641 g/mol. The van der Waals surface area contributed by atoms with Gasteiger partial charge in [0, 0.05) is 0 Å². The minimum atomic E-state index is 0.855. The number of fused-ring (bicyclic) bond motifs is 16. The van der Waals surface area contributed by atoms with E-state index in [-0.39, 0.29) is 0 Å². The third kappa shape index (κ3) is 3.25. The van der Waals surface area contributed by atoms with E-state index in [2.05, 4.69) is 109 Å². The van der Waals surface area contributed by atoms with Crippen molar-refractivity contribution in [3.05, 3.63) is 109 Å². The van der Waals surface area contributed by atoms with E-state index in [0.29, 0.717) is 0 Å². The summed E-state index contributed by atoms with van der Waals surface area (Å²) < 4.78 is 23.2. The van der Waals surface area contributed by atoms with Gasteiger partial charge in [0.05, 0.1) is 28.4 Å². The van der Waals surface area contributed by atoms with Gasteiger partial charge in [-0.2, -0.15) is 0 Å². The zero-order valence-electron chi connectivity index (χ0n) is 29.0. The lowest BCUT2D eigenvalue weighted by atomic mass is 9.90. The molecule has 4 heteroatoms. The summed E-state index contributed by atoms with van der Waals surface area (Å²) >= 11 is 0. The molecule has 0 spiro atoms. The Kier molecular flexibility index (Phi) is 5.22. The Labute approximate surface area is 297 Å². The van der Waals surface area contributed by atoms with Gasteiger partial charge in [0.15, 0.2) is 0 Å². The molecule has 12 rings (SSSR count). The van der Waals surface area contributed by atoms with Gasteiger partial charge in [-0.1, -0.05) is 48.5 Å². The average Bonchev–Trinajstić information content (AvgIpc) is 3.72. The maximum Gasteiger partial charge on any atom is 0.119 e. The summed E-state index contributed by atoms with van der Waals surface area (Å²) in [5.41, 5.74) is 0. The Bertz CT molecular complexity index is 3270. The van der Waals surface area contributed by atoms with Crippen molar-refractivity contribution >= 4 is 118 Å². The standard InChI is InChI=1S/C48H30O4/c1-49-25-7-13-29-31-15-9-27(51-3)21-37(31)47-39-17-24-6-12-34-44-36-20-26(50-2)8-14-30(36)32-16-10-28(52-4)22-38(32)48(44)40-18-23-5-11-33(43(47)35(29)19-25)45(39)41(23)42(24)46(34)40/h5-22H,1-4H3. The molecule has 246 valence electrons. The first kappa shape index (κ1) is 28.2. The predicted molar refractivity (Wildman–Crippen MR) is 219 cm³/mol. The molecule has 0 bridgehead atoms. The van der Waals surface area contributed by atoms with Crippen LogP contribution in [0.3, 0.4) is 0 Å². The van der Waals surface area contributed by atoms with E-state index in [1.165, 1.54) is 118 Å². The molecule has 0 radical (unpaired) electrons. The van der Waals surface area contributed by atoms with Crippen LogP contribution in [0.2, 0.25) is 0 Å². The molecule has 12 aromatic carbocycles. The Morgan fingerprint density at radius 1 is 0.231 bits per heavy atom. The van der Waals surface area contributed by atoms with Crippen LogP contribution in [0.5, 0.6) is 23.0 Å². The molecule has 0 aliphatic heterocycles. The van der Waals surface area contributed by atoms with Crippen molar-refractivity contribution in [1.29, 1.82) is 0 Å². The van der Waals surface area contributed by atoms with Crippen LogP contribution >= 0.6 is 0 Å². The van der Waals surface area contributed by atoms with Gasteiger partial charge in [-0.3, -0.25) is 0 Å². The molecule has 0 amide bonds. The van der Waals surface area contributed by atoms with Crippen molar-refractivity contribution in [1.82, 2.24) is 0 Å². The molecule has 0 fully saturated rings. The molecule has 52 heavy (non-hydrogen) atoms. The second-order valence-electron chi connectivity index (χ2n) is 14.2. The molecular formula is C48H30O4. The lowest BCUT2D eigenvalue weighted by Gasteiger charge is -2.13. The van der Waals surface area contributed by atoms with Crippen molar-refractivity contribution in [2.45, 2.75) is 0 Å². The largest absolute Gasteiger partial charge is 0.497 e. The lowest BCUT2D eigenvalue weighted by molar-refractivity contribution is 0.415. The first-order valence-electron chi connectivity index (χ1n) is 17.6. The van der Waals surface area contributed by atoms with Crippen LogP contribution in [-0.2, 0) is 0 Å². The highest BCUT2D eigenvalue weighted by Gasteiger charge is 2.26. The fourth-order valence-corrected chi connectivity index (χ4v) is 9.87. The van der Waals surface area contributed by atoms with E-state index < -0.39 is 0 Å². The normalized spacial score (nSPS) is 12.6. The fourth-order valence-electron chi connectivity index (χ4n) is 9.87. The molecule has 0 atom stereocenters. The fraction of sp³-hybridized carbons (Fsp3) is 0.0833. The van der Waals surface area contributed by atoms with Crippen LogP contribution in [-0.4, -0.2) is 28.4 Å². The number of hydrogen-bond donors (Lipinski definition) is 0. The van der Waals surface area contributed by atoms with Crippen molar-refractivity contribution in [2.24, 2.45) is 0 Å². The van der Waals surface area contributed by atoms with Crippen LogP contribution in [0.4, 0.5) is 0 Å². The molecule has 0 aliphatic carbocycles. The summed E-state index contributed by atoms with van der Waals surface area (Å²) in [6, 6.07) is 40.2. The van der Waals surface area contributed by atoms with E-state index in [1.807, 2.05) is 0 Å². The molecule has 0 aromatic heterocycles. The van der Waals surface area contributed by atoms with Crippen LogP contribution < -0.4 is 18.9 Å². The van der Waals surface area contributed by atoms with Gasteiger partial charge in [0.25, 0.3) is 0 Å². The second-order valence-corrected chi connectivity index (χ2v) is 14.2. The zero-order valence-corrected chi connectivity index (χ0v) is 29.0. The molecule has 0 heterocycles. The van der Waals surface area contributed by atoms with Gasteiger partial charge in [-0.05, 0) is 179 Å². The number of hydrogen-bond acceptors (Lipinski definition) is 4. The highest BCUT2D eigenvalue weighted by molar-refractivity contribution is 6.51. The molecule has 12 aromatic rings. The number of rotatable bonds is 4. The quantitative estimate of drug-likeness (QED) is 0.175. The van der Waals surface area contributed by atoms with Gasteiger partial charge < -0.3 is 18.9 Å². The van der Waals surface area contributed by atoms with Crippen LogP contribution in [0.15, 0.2) is 109 Å². The highest BCUT2D eigenvalue weighted by Crippen LogP contribution is 2.55. The maximum atomic E-state index is 5.80. The lowest BCUT2D eigenvalue weighted by Crippen LogP contribution is -1.87. The van der Waals surface area contributed by atoms with Crippen LogP contribution in [0.25, 0.3) is 118 Å². The molecule has 0 aliphatic rings. The first-order valence-corrected chi connectivity index (χ1v) is 17.6. The molecule has 0 N–H and O–H groups in total. The van der Waals surface area contributed by atoms with E-state index in [0.717, 1.165) is 23.0 Å². The molecule has 4 nitrogen and oxygen atoms in total. The third-order valence-electron chi connectivity index (χ3n) is 12.0. The van der Waals surface area contributed by atoms with E-state index in [4.69, 9.17) is 18.9 Å². The maximum absolute atomic E-state index is 5.80. The second kappa shape index (κ2) is 9.62. The third-order valence-corrected chi connectivity index (χ3v) is 12.0. The van der Waals surface area contributed by atoms with E-state index >= 15 is 0 Å². The number of benzene rings is 10. The van der Waals surface area contributed by atoms with Gasteiger partial charge >= 0.3 is 0 Å². The smallest absolute Gasteiger partial charge is 0.119 e. The Balaban J connectivity index is 1.36. The number of methoxy groups -OCH3 is 4. The SMILES string of the molecule is COc1ccc2c3ccc(OC)cc3c3c4cc5ccc6c7c8cc(OC)ccc8c8ccc(OC)cc8c7c7cc8ccc(c3c2c1)c4c8c5c67. The first-order chi connectivity index (χ1) is 25.6. The Morgan fingerprint density at radius 2 is 0.500 bits per heavy atom. The van der Waals surface area contributed by atoms with Gasteiger partial charge in [0.2, 0.25) is 0 Å². The van der Waals surface area contributed by atoms with Crippen LogP contribution in [0, 0.1) is 0 Å². The Hall–Kier alpha value is -6.52. The minimum absolute atomic E-state index is 0.855. The Morgan fingerprint density at radius 3 is 0.808 bits per heavy atom. The van der Waals surface area contributed by atoms with Crippen molar-refractivity contribution in [3.63, 3.8) is 0 Å². The summed E-state index contributed by atoms with van der Waals surface area (Å²) in [5, 5.41) is 27.6. The van der Waals surface area contributed by atoms with Gasteiger partial charge in [0.1, 0.15) is 23.0 Å². The predicted octanol–water partition coefficient (Wildman–Crippen LogP) is 12.7. The van der Waals surface area contributed by atoms with Crippen LogP contribution in [0.1, 0.15) is 0 Å². The highest BCUT2D eigenvalue weighted by atomic mass is 16.5. The summed E-state index contributed by atoms with van der Waals surface area (Å²) in [6.45, 7) is 0. The van der Waals surface area contributed by atoms with E-state index in [1.54, 1.807) is 28.4 Å². The monoisotopic (exact) mass is 670 g/mol.